The van der Waals surface area contributed by atoms with Crippen molar-refractivity contribution in [2.75, 3.05) is 5.32 Å². The highest BCUT2D eigenvalue weighted by Gasteiger charge is 2.23. The number of nitrogens with one attached hydrogen (secondary N) is 1. The van der Waals surface area contributed by atoms with E-state index in [1.807, 2.05) is 31.2 Å². The molecule has 32 heavy (non-hydrogen) atoms. The number of fused-ring (bicyclic) bond motifs is 1. The highest BCUT2D eigenvalue weighted by Crippen LogP contribution is 2.23. The number of rotatable bonds is 6. The number of amides is 1. The minimum atomic E-state index is -1.04. The molecule has 2 aromatic carbocycles. The molecule has 7 heteroatoms. The lowest BCUT2D eigenvalue weighted by atomic mass is 9.87. The Morgan fingerprint density at radius 2 is 1.69 bits per heavy atom. The number of benzene rings is 2. The standard InChI is InChI=1S/C25H29N3O4/c1-6-15-28-23(30)20-10-8-7-9-19(20)21(27-28)24(31)32-16(2)22(29)26-18-13-11-17(12-14-18)25(3,4)5/h7-14,16H,6,15H2,1-5H3,(H,26,29). The molecule has 3 rings (SSSR count). The van der Waals surface area contributed by atoms with E-state index in [-0.39, 0.29) is 16.7 Å². The predicted octanol–water partition coefficient (Wildman–Crippen LogP) is 4.29. The fourth-order valence-electron chi connectivity index (χ4n) is 3.32. The van der Waals surface area contributed by atoms with E-state index in [4.69, 9.17) is 4.74 Å². The molecule has 1 aromatic heterocycles. The van der Waals surface area contributed by atoms with E-state index in [1.165, 1.54) is 11.6 Å². The first-order valence-corrected chi connectivity index (χ1v) is 10.7. The molecule has 1 atom stereocenters. The molecule has 1 unspecified atom stereocenters. The fraction of sp³-hybridized carbons (Fsp3) is 0.360. The van der Waals surface area contributed by atoms with Gasteiger partial charge in [0.05, 0.1) is 5.39 Å². The Morgan fingerprint density at radius 1 is 1.06 bits per heavy atom. The number of carbonyl (C=O) groups is 2. The molecule has 7 nitrogen and oxygen atoms in total. The molecule has 0 saturated heterocycles. The van der Waals surface area contributed by atoms with E-state index < -0.39 is 18.0 Å². The second-order valence-corrected chi connectivity index (χ2v) is 8.79. The van der Waals surface area contributed by atoms with Gasteiger partial charge in [-0.1, -0.05) is 58.0 Å². The van der Waals surface area contributed by atoms with Crippen LogP contribution >= 0.6 is 0 Å². The summed E-state index contributed by atoms with van der Waals surface area (Å²) in [4.78, 5) is 38.0. The van der Waals surface area contributed by atoms with Gasteiger partial charge in [-0.15, -0.1) is 0 Å². The molecular weight excluding hydrogens is 406 g/mol. The highest BCUT2D eigenvalue weighted by molar-refractivity contribution is 6.03. The van der Waals surface area contributed by atoms with E-state index in [1.54, 1.807) is 24.3 Å². The zero-order valence-electron chi connectivity index (χ0n) is 19.1. The maximum absolute atomic E-state index is 12.9. The van der Waals surface area contributed by atoms with Crippen LogP contribution in [0.1, 0.15) is 57.1 Å². The maximum atomic E-state index is 12.9. The molecule has 0 radical (unpaired) electrons. The zero-order valence-corrected chi connectivity index (χ0v) is 19.1. The van der Waals surface area contributed by atoms with Crippen molar-refractivity contribution in [1.82, 2.24) is 9.78 Å². The summed E-state index contributed by atoms with van der Waals surface area (Å²) < 4.78 is 6.66. The molecule has 0 spiro atoms. The first-order chi connectivity index (χ1) is 15.1. The monoisotopic (exact) mass is 435 g/mol. The minimum Gasteiger partial charge on any atom is -0.448 e. The first-order valence-electron chi connectivity index (χ1n) is 10.7. The lowest BCUT2D eigenvalue weighted by Crippen LogP contribution is -2.32. The quantitative estimate of drug-likeness (QED) is 0.584. The Labute approximate surface area is 187 Å². The van der Waals surface area contributed by atoms with Crippen molar-refractivity contribution >= 4 is 28.3 Å². The van der Waals surface area contributed by atoms with Gasteiger partial charge in [-0.05, 0) is 42.5 Å². The van der Waals surface area contributed by atoms with Gasteiger partial charge in [-0.2, -0.15) is 5.10 Å². The minimum absolute atomic E-state index is 0.00934. The molecule has 0 aliphatic carbocycles. The van der Waals surface area contributed by atoms with Gasteiger partial charge < -0.3 is 10.1 Å². The van der Waals surface area contributed by atoms with Crippen molar-refractivity contribution in [2.45, 2.75) is 59.1 Å². The molecule has 0 bridgehead atoms. The van der Waals surface area contributed by atoms with Crippen LogP contribution in [0.4, 0.5) is 5.69 Å². The molecule has 0 saturated carbocycles. The van der Waals surface area contributed by atoms with Gasteiger partial charge in [-0.25, -0.2) is 9.48 Å². The van der Waals surface area contributed by atoms with Crippen molar-refractivity contribution in [1.29, 1.82) is 0 Å². The summed E-state index contributed by atoms with van der Waals surface area (Å²) in [7, 11) is 0. The normalized spacial score (nSPS) is 12.4. The predicted molar refractivity (Wildman–Crippen MR) is 125 cm³/mol. The van der Waals surface area contributed by atoms with Gasteiger partial charge in [0.25, 0.3) is 11.5 Å². The van der Waals surface area contributed by atoms with Crippen LogP contribution in [0, 0.1) is 0 Å². The van der Waals surface area contributed by atoms with Crippen molar-refractivity contribution in [3.8, 4) is 0 Å². The van der Waals surface area contributed by atoms with Crippen LogP contribution in [-0.4, -0.2) is 27.8 Å². The van der Waals surface area contributed by atoms with Gasteiger partial charge in [-0.3, -0.25) is 9.59 Å². The second kappa shape index (κ2) is 9.34. The number of ether oxygens (including phenoxy) is 1. The summed E-state index contributed by atoms with van der Waals surface area (Å²) in [5.74, 6) is -1.20. The lowest BCUT2D eigenvalue weighted by molar-refractivity contribution is -0.123. The third kappa shape index (κ3) is 5.04. The molecule has 0 aliphatic rings. The number of hydrogen-bond acceptors (Lipinski definition) is 5. The molecule has 3 aromatic rings. The van der Waals surface area contributed by atoms with Crippen LogP contribution in [0.3, 0.4) is 0 Å². The number of anilines is 1. The van der Waals surface area contributed by atoms with Gasteiger partial charge in [0.1, 0.15) is 0 Å². The number of hydrogen-bond donors (Lipinski definition) is 1. The largest absolute Gasteiger partial charge is 0.448 e. The lowest BCUT2D eigenvalue weighted by Gasteiger charge is -2.19. The van der Waals surface area contributed by atoms with Gasteiger partial charge in [0.2, 0.25) is 0 Å². The topological polar surface area (TPSA) is 90.3 Å². The fourth-order valence-corrected chi connectivity index (χ4v) is 3.32. The highest BCUT2D eigenvalue weighted by atomic mass is 16.5. The van der Waals surface area contributed by atoms with Crippen LogP contribution < -0.4 is 10.9 Å². The summed E-state index contributed by atoms with van der Waals surface area (Å²) in [6.07, 6.45) is -0.357. The Balaban J connectivity index is 1.78. The molecule has 1 heterocycles. The zero-order chi connectivity index (χ0) is 23.5. The third-order valence-corrected chi connectivity index (χ3v) is 5.17. The van der Waals surface area contributed by atoms with Crippen LogP contribution in [0.2, 0.25) is 0 Å². The maximum Gasteiger partial charge on any atom is 0.360 e. The average molecular weight is 436 g/mol. The van der Waals surface area contributed by atoms with E-state index in [9.17, 15) is 14.4 Å². The van der Waals surface area contributed by atoms with E-state index in [0.717, 1.165) is 5.56 Å². The number of aryl methyl sites for hydroxylation is 1. The van der Waals surface area contributed by atoms with Gasteiger partial charge in [0.15, 0.2) is 11.8 Å². The number of aromatic nitrogens is 2. The van der Waals surface area contributed by atoms with E-state index in [2.05, 4.69) is 31.2 Å². The Hall–Kier alpha value is -3.48. The summed E-state index contributed by atoms with van der Waals surface area (Å²) in [5.41, 5.74) is 1.53. The van der Waals surface area contributed by atoms with Gasteiger partial charge in [0, 0.05) is 17.6 Å². The average Bonchev–Trinajstić information content (AvgIpc) is 2.75. The van der Waals surface area contributed by atoms with Crippen molar-refractivity contribution in [3.05, 3.63) is 70.1 Å². The van der Waals surface area contributed by atoms with Crippen molar-refractivity contribution in [2.24, 2.45) is 0 Å². The van der Waals surface area contributed by atoms with E-state index >= 15 is 0 Å². The second-order valence-electron chi connectivity index (χ2n) is 8.79. The molecule has 0 fully saturated rings. The smallest absolute Gasteiger partial charge is 0.360 e. The van der Waals surface area contributed by atoms with Crippen LogP contribution in [-0.2, 0) is 21.5 Å². The molecule has 1 amide bonds. The summed E-state index contributed by atoms with van der Waals surface area (Å²) in [6, 6.07) is 14.3. The Kier molecular flexibility index (Phi) is 6.77. The van der Waals surface area contributed by atoms with Crippen LogP contribution in [0.5, 0.6) is 0 Å². The van der Waals surface area contributed by atoms with Crippen LogP contribution in [0.15, 0.2) is 53.3 Å². The van der Waals surface area contributed by atoms with Crippen molar-refractivity contribution < 1.29 is 14.3 Å². The van der Waals surface area contributed by atoms with Crippen molar-refractivity contribution in [3.63, 3.8) is 0 Å². The molecular formula is C25H29N3O4. The van der Waals surface area contributed by atoms with E-state index in [0.29, 0.717) is 29.4 Å². The Bertz CT molecular complexity index is 1190. The summed E-state index contributed by atoms with van der Waals surface area (Å²) in [6.45, 7) is 10.1. The number of esters is 1. The first kappa shape index (κ1) is 23.2. The van der Waals surface area contributed by atoms with Gasteiger partial charge >= 0.3 is 5.97 Å². The number of nitrogens with zero attached hydrogens (tertiary/aromatic N) is 2. The molecule has 0 aliphatic heterocycles. The number of carbonyl (C=O) groups excluding carboxylic acids is 2. The summed E-state index contributed by atoms with van der Waals surface area (Å²) in [5, 5.41) is 7.77. The Morgan fingerprint density at radius 3 is 2.28 bits per heavy atom. The third-order valence-electron chi connectivity index (χ3n) is 5.17. The molecule has 168 valence electrons. The molecule has 1 N–H and O–H groups in total. The summed E-state index contributed by atoms with van der Waals surface area (Å²) >= 11 is 0. The SMILES string of the molecule is CCCn1nc(C(=O)OC(C)C(=O)Nc2ccc(C(C)(C)C)cc2)c2ccccc2c1=O. The van der Waals surface area contributed by atoms with Crippen LogP contribution in [0.25, 0.3) is 10.8 Å².